The maximum atomic E-state index is 10.3. The Morgan fingerprint density at radius 2 is 1.82 bits per heavy atom. The third-order valence-corrected chi connectivity index (χ3v) is 4.54. The Labute approximate surface area is 114 Å². The van der Waals surface area contributed by atoms with Crippen molar-refractivity contribution in [2.24, 2.45) is 0 Å². The maximum Gasteiger partial charge on any atom is 0.0843 e. The molecule has 1 N–H and O–H groups in total. The molecule has 17 heavy (non-hydrogen) atoms. The summed E-state index contributed by atoms with van der Waals surface area (Å²) in [6.45, 7) is 4.10. The summed E-state index contributed by atoms with van der Waals surface area (Å²) in [5, 5.41) is 10.3. The third kappa shape index (κ3) is 2.97. The molecular weight excluding hydrogens is 296 g/mol. The van der Waals surface area contributed by atoms with E-state index in [1.165, 1.54) is 4.88 Å². The predicted octanol–water partition coefficient (Wildman–Crippen LogP) is 4.40. The highest BCUT2D eigenvalue weighted by molar-refractivity contribution is 9.11. The molecule has 1 aromatic heterocycles. The van der Waals surface area contributed by atoms with Crippen LogP contribution < -0.4 is 0 Å². The van der Waals surface area contributed by atoms with Crippen molar-refractivity contribution in [3.05, 3.63) is 55.7 Å². The molecule has 0 amide bonds. The van der Waals surface area contributed by atoms with Crippen LogP contribution in [-0.2, 0) is 6.42 Å². The monoisotopic (exact) mass is 310 g/mol. The number of aryl methyl sites for hydroxylation is 2. The van der Waals surface area contributed by atoms with Gasteiger partial charge < -0.3 is 5.11 Å². The highest BCUT2D eigenvalue weighted by Gasteiger charge is 2.14. The first-order valence-corrected chi connectivity index (χ1v) is 7.17. The van der Waals surface area contributed by atoms with Crippen LogP contribution in [0.3, 0.4) is 0 Å². The molecule has 0 aliphatic rings. The highest BCUT2D eigenvalue weighted by Crippen LogP contribution is 2.29. The lowest BCUT2D eigenvalue weighted by atomic mass is 9.96. The topological polar surface area (TPSA) is 20.2 Å². The number of benzene rings is 1. The molecule has 0 radical (unpaired) electrons. The van der Waals surface area contributed by atoms with Crippen LogP contribution in [0.4, 0.5) is 0 Å². The van der Waals surface area contributed by atoms with E-state index >= 15 is 0 Å². The first-order chi connectivity index (χ1) is 8.08. The van der Waals surface area contributed by atoms with Crippen LogP contribution in [0.2, 0.25) is 0 Å². The summed E-state index contributed by atoms with van der Waals surface area (Å²) >= 11 is 5.12. The van der Waals surface area contributed by atoms with Crippen LogP contribution in [0.1, 0.15) is 27.7 Å². The second-order valence-corrected chi connectivity index (χ2v) is 6.78. The van der Waals surface area contributed by atoms with E-state index in [1.54, 1.807) is 11.3 Å². The molecule has 0 aliphatic carbocycles. The quantitative estimate of drug-likeness (QED) is 0.890. The number of rotatable bonds is 3. The Morgan fingerprint density at radius 1 is 1.18 bits per heavy atom. The van der Waals surface area contributed by atoms with Crippen LogP contribution in [0.15, 0.2) is 34.1 Å². The first-order valence-electron chi connectivity index (χ1n) is 5.56. The lowest BCUT2D eigenvalue weighted by Gasteiger charge is -2.15. The van der Waals surface area contributed by atoms with Gasteiger partial charge in [0.2, 0.25) is 0 Å². The van der Waals surface area contributed by atoms with Gasteiger partial charge in [0.1, 0.15) is 0 Å². The lowest BCUT2D eigenvalue weighted by Crippen LogP contribution is -2.05. The molecule has 0 saturated heterocycles. The molecule has 1 atom stereocenters. The molecule has 3 heteroatoms. The molecule has 1 nitrogen and oxygen atoms in total. The summed E-state index contributed by atoms with van der Waals surface area (Å²) in [4.78, 5) is 1.20. The minimum Gasteiger partial charge on any atom is -0.388 e. The third-order valence-electron chi connectivity index (χ3n) is 2.90. The Morgan fingerprint density at radius 3 is 2.35 bits per heavy atom. The van der Waals surface area contributed by atoms with Crippen LogP contribution in [-0.4, -0.2) is 5.11 Å². The normalized spacial score (nSPS) is 12.7. The fraction of sp³-hybridized carbons (Fsp3) is 0.286. The number of aliphatic hydroxyl groups is 1. The smallest absolute Gasteiger partial charge is 0.0843 e. The van der Waals surface area contributed by atoms with Crippen molar-refractivity contribution in [2.75, 3.05) is 0 Å². The second-order valence-electron chi connectivity index (χ2n) is 4.23. The van der Waals surface area contributed by atoms with Crippen LogP contribution >= 0.6 is 27.3 Å². The average molecular weight is 311 g/mol. The van der Waals surface area contributed by atoms with Crippen molar-refractivity contribution in [1.29, 1.82) is 0 Å². The van der Waals surface area contributed by atoms with E-state index in [4.69, 9.17) is 0 Å². The summed E-state index contributed by atoms with van der Waals surface area (Å²) in [5.41, 5.74) is 3.39. The predicted molar refractivity (Wildman–Crippen MR) is 76.6 cm³/mol. The summed E-state index contributed by atoms with van der Waals surface area (Å²) in [6, 6.07) is 10.2. The number of thiophene rings is 1. The van der Waals surface area contributed by atoms with Gasteiger partial charge in [0.05, 0.1) is 9.89 Å². The molecule has 1 aromatic carbocycles. The Hall–Kier alpha value is -0.640. The number of hydrogen-bond acceptors (Lipinski definition) is 2. The van der Waals surface area contributed by atoms with Gasteiger partial charge in [-0.2, -0.15) is 0 Å². The van der Waals surface area contributed by atoms with Gasteiger partial charge in [-0.25, -0.2) is 0 Å². The van der Waals surface area contributed by atoms with E-state index in [-0.39, 0.29) is 0 Å². The summed E-state index contributed by atoms with van der Waals surface area (Å²) in [5.74, 6) is 0. The van der Waals surface area contributed by atoms with Crippen LogP contribution in [0.25, 0.3) is 0 Å². The fourth-order valence-corrected chi connectivity index (χ4v) is 3.63. The Balaban J connectivity index is 2.22. The van der Waals surface area contributed by atoms with Gasteiger partial charge in [0, 0.05) is 11.3 Å². The van der Waals surface area contributed by atoms with E-state index in [9.17, 15) is 5.11 Å². The van der Waals surface area contributed by atoms with Crippen LogP contribution in [0.5, 0.6) is 0 Å². The number of aliphatic hydroxyl groups excluding tert-OH is 1. The summed E-state index contributed by atoms with van der Waals surface area (Å²) in [6.07, 6.45) is 0.267. The zero-order valence-corrected chi connectivity index (χ0v) is 12.3. The molecule has 90 valence electrons. The van der Waals surface area contributed by atoms with E-state index in [1.807, 2.05) is 12.1 Å². The molecule has 0 bridgehead atoms. The van der Waals surface area contributed by atoms with E-state index < -0.39 is 6.10 Å². The Bertz CT molecular complexity index is 498. The zero-order chi connectivity index (χ0) is 12.4. The molecule has 1 heterocycles. The number of hydrogen-bond donors (Lipinski definition) is 1. The standard InChI is InChI=1S/C14H15BrOS/c1-9-4-3-5-10(2)14(9)12(16)8-11-6-7-13(15)17-11/h3-7,12,16H,8H2,1-2H3. The lowest BCUT2D eigenvalue weighted by molar-refractivity contribution is 0.178. The summed E-state index contributed by atoms with van der Waals surface area (Å²) < 4.78 is 1.11. The van der Waals surface area contributed by atoms with Gasteiger partial charge in [0.25, 0.3) is 0 Å². The van der Waals surface area contributed by atoms with Gasteiger partial charge in [-0.05, 0) is 58.6 Å². The van der Waals surface area contributed by atoms with Crippen molar-refractivity contribution in [3.8, 4) is 0 Å². The minimum atomic E-state index is -0.415. The van der Waals surface area contributed by atoms with Crippen molar-refractivity contribution in [1.82, 2.24) is 0 Å². The minimum absolute atomic E-state index is 0.415. The Kier molecular flexibility index (Phi) is 4.02. The van der Waals surface area contributed by atoms with Crippen molar-refractivity contribution >= 4 is 27.3 Å². The zero-order valence-electron chi connectivity index (χ0n) is 9.90. The first kappa shape index (κ1) is 12.8. The molecule has 0 fully saturated rings. The van der Waals surface area contributed by atoms with Gasteiger partial charge in [0.15, 0.2) is 0 Å². The van der Waals surface area contributed by atoms with E-state index in [2.05, 4.69) is 48.0 Å². The SMILES string of the molecule is Cc1cccc(C)c1C(O)Cc1ccc(Br)s1. The second kappa shape index (κ2) is 5.34. The maximum absolute atomic E-state index is 10.3. The van der Waals surface area contributed by atoms with Crippen LogP contribution in [0, 0.1) is 13.8 Å². The highest BCUT2D eigenvalue weighted by atomic mass is 79.9. The molecule has 0 spiro atoms. The molecule has 2 rings (SSSR count). The number of halogens is 1. The van der Waals surface area contributed by atoms with Crippen molar-refractivity contribution in [3.63, 3.8) is 0 Å². The van der Waals surface area contributed by atoms with Crippen molar-refractivity contribution in [2.45, 2.75) is 26.4 Å². The van der Waals surface area contributed by atoms with Crippen molar-refractivity contribution < 1.29 is 5.11 Å². The van der Waals surface area contributed by atoms with E-state index in [0.717, 1.165) is 20.5 Å². The van der Waals surface area contributed by atoms with E-state index in [0.29, 0.717) is 6.42 Å². The van der Waals surface area contributed by atoms with Gasteiger partial charge >= 0.3 is 0 Å². The summed E-state index contributed by atoms with van der Waals surface area (Å²) in [7, 11) is 0. The molecule has 0 aliphatic heterocycles. The largest absolute Gasteiger partial charge is 0.388 e. The molecule has 0 saturated carbocycles. The fourth-order valence-electron chi connectivity index (χ4n) is 2.11. The molecule has 2 aromatic rings. The van der Waals surface area contributed by atoms with Gasteiger partial charge in [-0.3, -0.25) is 0 Å². The average Bonchev–Trinajstić information content (AvgIpc) is 2.63. The van der Waals surface area contributed by atoms with Gasteiger partial charge in [-0.1, -0.05) is 18.2 Å². The molecular formula is C14H15BrOS. The van der Waals surface area contributed by atoms with Gasteiger partial charge in [-0.15, -0.1) is 11.3 Å². The molecule has 1 unspecified atom stereocenters.